The zero-order valence-corrected chi connectivity index (χ0v) is 15.6. The number of hydrogen-bond acceptors (Lipinski definition) is 5. The van der Waals surface area contributed by atoms with Crippen LogP contribution in [0, 0.1) is 0 Å². The summed E-state index contributed by atoms with van der Waals surface area (Å²) in [6, 6.07) is 23.0. The quantitative estimate of drug-likeness (QED) is 0.472. The molecule has 0 saturated carbocycles. The van der Waals surface area contributed by atoms with E-state index in [1.165, 1.54) is 12.1 Å². The normalized spacial score (nSPS) is 12.0. The molecule has 0 N–H and O–H groups in total. The summed E-state index contributed by atoms with van der Waals surface area (Å²) in [7, 11) is -9.06. The van der Waals surface area contributed by atoms with E-state index in [9.17, 15) is 16.8 Å². The van der Waals surface area contributed by atoms with Crippen molar-refractivity contribution in [2.45, 2.75) is 9.79 Å². The van der Waals surface area contributed by atoms with Crippen LogP contribution < -0.4 is 0 Å². The molecule has 0 unspecified atom stereocenters. The third-order valence-electron chi connectivity index (χ3n) is 4.22. The third-order valence-corrected chi connectivity index (χ3v) is 7.44. The first-order chi connectivity index (χ1) is 12.9. The van der Waals surface area contributed by atoms with E-state index in [4.69, 9.17) is 3.63 Å². The van der Waals surface area contributed by atoms with Crippen molar-refractivity contribution in [3.63, 3.8) is 0 Å². The van der Waals surface area contributed by atoms with Gasteiger partial charge in [0.1, 0.15) is 9.79 Å². The third kappa shape index (κ3) is 3.87. The molecule has 4 aliphatic rings. The molecule has 0 spiro atoms. The maximum absolute atomic E-state index is 12.7. The van der Waals surface area contributed by atoms with E-state index in [-0.39, 0.29) is 39.3 Å². The van der Waals surface area contributed by atoms with Crippen LogP contribution >= 0.6 is 0 Å². The van der Waals surface area contributed by atoms with Crippen molar-refractivity contribution in [1.29, 1.82) is 0 Å². The molecule has 4 aliphatic carbocycles. The van der Waals surface area contributed by atoms with Gasteiger partial charge >= 0.3 is 49.8 Å². The Kier molecular flexibility index (Phi) is 5.95. The second-order valence-electron chi connectivity index (χ2n) is 5.93. The molecule has 0 aliphatic heterocycles. The zero-order chi connectivity index (χ0) is 19.1. The van der Waals surface area contributed by atoms with Crippen molar-refractivity contribution in [1.82, 2.24) is 0 Å². The molecular weight excluding hydrogens is 407 g/mol. The van der Waals surface area contributed by atoms with Crippen LogP contribution in [0.15, 0.2) is 94.7 Å². The van der Waals surface area contributed by atoms with Crippen LogP contribution in [0.5, 0.6) is 0 Å². The Morgan fingerprint density at radius 2 is 0.893 bits per heavy atom. The molecular formula is C20H15NaO5S2. The Bertz CT molecular complexity index is 1180. The van der Waals surface area contributed by atoms with E-state index < -0.39 is 20.2 Å². The van der Waals surface area contributed by atoms with Crippen LogP contribution in [0.3, 0.4) is 0 Å². The van der Waals surface area contributed by atoms with E-state index in [2.05, 4.69) is 0 Å². The van der Waals surface area contributed by atoms with Gasteiger partial charge in [-0.3, -0.25) is 0 Å². The average Bonchev–Trinajstić information content (AvgIpc) is 3.03. The molecule has 4 rings (SSSR count). The summed E-state index contributed by atoms with van der Waals surface area (Å²) in [6.07, 6.45) is 0. The van der Waals surface area contributed by atoms with Crippen molar-refractivity contribution < 1.29 is 20.5 Å². The zero-order valence-electron chi connectivity index (χ0n) is 13.9. The van der Waals surface area contributed by atoms with Gasteiger partial charge in [0.05, 0.1) is 0 Å². The fourth-order valence-electron chi connectivity index (χ4n) is 3.00. The van der Waals surface area contributed by atoms with Crippen molar-refractivity contribution in [3.05, 3.63) is 84.9 Å². The first-order valence-electron chi connectivity index (χ1n) is 8.05. The van der Waals surface area contributed by atoms with Crippen LogP contribution in [0.25, 0.3) is 22.3 Å². The van der Waals surface area contributed by atoms with Gasteiger partial charge in [0.15, 0.2) is 0 Å². The molecule has 0 fully saturated rings. The molecule has 138 valence electrons. The molecule has 0 aromatic heterocycles. The summed E-state index contributed by atoms with van der Waals surface area (Å²) in [5.74, 6) is 0. The molecule has 0 aromatic carbocycles. The molecule has 0 heterocycles. The van der Waals surface area contributed by atoms with E-state index in [1.807, 2.05) is 0 Å². The Hall–Kier alpha value is -1.74. The van der Waals surface area contributed by atoms with Gasteiger partial charge in [-0.25, -0.2) is 0 Å². The maximum atomic E-state index is 12.7. The topological polar surface area (TPSA) is 77.5 Å². The second-order valence-corrected chi connectivity index (χ2v) is 9.17. The summed E-state index contributed by atoms with van der Waals surface area (Å²) < 4.78 is 55.6. The van der Waals surface area contributed by atoms with E-state index in [1.54, 1.807) is 72.8 Å². The van der Waals surface area contributed by atoms with Gasteiger partial charge in [-0.05, 0) is 23.3 Å². The number of hydrogen-bond donors (Lipinski definition) is 0. The van der Waals surface area contributed by atoms with E-state index in [0.717, 1.165) is 0 Å². The van der Waals surface area contributed by atoms with Gasteiger partial charge < -0.3 is 0 Å². The minimum absolute atomic E-state index is 0. The van der Waals surface area contributed by atoms with E-state index in [0.29, 0.717) is 22.3 Å². The standard InChI is InChI=1S/C20H14O5S2.Na.H/c21-26(22,19-13-11-15-7-3-1-5-9-17(15)19)25-27(23,24)20-14-12-16-8-4-2-6-10-18(16)20;;/h1-14H;;. The van der Waals surface area contributed by atoms with Crippen LogP contribution in [0.1, 0.15) is 0 Å². The first-order valence-corrected chi connectivity index (χ1v) is 10.9. The summed E-state index contributed by atoms with van der Waals surface area (Å²) >= 11 is 0. The predicted octanol–water partition coefficient (Wildman–Crippen LogP) is 3.34. The van der Waals surface area contributed by atoms with Gasteiger partial charge in [-0.1, -0.05) is 72.8 Å². The Labute approximate surface area is 186 Å². The van der Waals surface area contributed by atoms with Gasteiger partial charge in [-0.2, -0.15) is 16.8 Å². The minimum atomic E-state index is -4.53. The van der Waals surface area contributed by atoms with Crippen LogP contribution in [-0.2, 0) is 23.9 Å². The summed E-state index contributed by atoms with van der Waals surface area (Å²) in [5.41, 5.74) is 2.14. The average molecular weight is 422 g/mol. The summed E-state index contributed by atoms with van der Waals surface area (Å²) in [4.78, 5) is -0.364. The van der Waals surface area contributed by atoms with Crippen molar-refractivity contribution >= 4 is 49.8 Å². The molecule has 0 aromatic rings. The summed E-state index contributed by atoms with van der Waals surface area (Å²) in [6.45, 7) is 0. The van der Waals surface area contributed by atoms with Gasteiger partial charge in [0, 0.05) is 11.1 Å². The molecule has 0 saturated heterocycles. The Morgan fingerprint density at radius 1 is 0.500 bits per heavy atom. The van der Waals surface area contributed by atoms with Crippen molar-refractivity contribution in [2.24, 2.45) is 0 Å². The van der Waals surface area contributed by atoms with E-state index >= 15 is 0 Å². The van der Waals surface area contributed by atoms with Gasteiger partial charge in [-0.15, -0.1) is 3.63 Å². The SMILES string of the molecule is O=S(=O)(OS(=O)(=O)c1ccc2cccccc1-2)c1ccc2cccccc1-2.[NaH]. The van der Waals surface area contributed by atoms with Gasteiger partial charge in [0.2, 0.25) is 0 Å². The number of fused-ring (bicyclic) bond motifs is 2. The molecule has 5 nitrogen and oxygen atoms in total. The first kappa shape index (κ1) is 21.0. The van der Waals surface area contributed by atoms with Crippen LogP contribution in [-0.4, -0.2) is 46.4 Å². The van der Waals surface area contributed by atoms with Gasteiger partial charge in [0.25, 0.3) is 0 Å². The molecule has 8 heteroatoms. The fraction of sp³-hybridized carbons (Fsp3) is 0. The summed E-state index contributed by atoms with van der Waals surface area (Å²) in [5, 5.41) is 0. The monoisotopic (exact) mass is 422 g/mol. The van der Waals surface area contributed by atoms with Crippen LogP contribution in [0.2, 0.25) is 0 Å². The van der Waals surface area contributed by atoms with Crippen LogP contribution in [0.4, 0.5) is 0 Å². The predicted molar refractivity (Wildman–Crippen MR) is 109 cm³/mol. The molecule has 0 bridgehead atoms. The Morgan fingerprint density at radius 3 is 1.32 bits per heavy atom. The molecule has 0 atom stereocenters. The Balaban J connectivity index is 0.00000225. The van der Waals surface area contributed by atoms with Crippen molar-refractivity contribution in [2.75, 3.05) is 0 Å². The molecule has 28 heavy (non-hydrogen) atoms. The molecule has 0 amide bonds. The fourth-order valence-corrected chi connectivity index (χ4v) is 5.91. The second kappa shape index (κ2) is 7.94. The number of rotatable bonds is 4. The van der Waals surface area contributed by atoms with Crippen molar-refractivity contribution in [3.8, 4) is 22.3 Å². The molecule has 0 radical (unpaired) electrons.